The van der Waals surface area contributed by atoms with Crippen molar-refractivity contribution in [1.29, 1.82) is 0 Å². The molecule has 0 bridgehead atoms. The van der Waals surface area contributed by atoms with Gasteiger partial charge >= 0.3 is 11.9 Å². The SMILES string of the molecule is CC(=O)Oc1ccccc1CCCCC#CCSCC#CCCCCc1ccccc1OC(C)=O. The Hall–Kier alpha value is -3.15. The number of hydrogen-bond donors (Lipinski definition) is 0. The summed E-state index contributed by atoms with van der Waals surface area (Å²) >= 11 is 1.75. The lowest BCUT2D eigenvalue weighted by molar-refractivity contribution is -0.132. The molecule has 2 aromatic rings. The number of carbonyl (C=O) groups is 2. The van der Waals surface area contributed by atoms with E-state index in [1.165, 1.54) is 13.8 Å². The third-order valence-corrected chi connectivity index (χ3v) is 5.74. The van der Waals surface area contributed by atoms with Crippen LogP contribution in [0.5, 0.6) is 11.5 Å². The van der Waals surface area contributed by atoms with Gasteiger partial charge in [-0.3, -0.25) is 9.59 Å². The molecular weight excluding hydrogens is 456 g/mol. The zero-order valence-corrected chi connectivity index (χ0v) is 21.5. The number of ether oxygens (including phenoxy) is 2. The molecule has 0 saturated carbocycles. The van der Waals surface area contributed by atoms with Gasteiger partial charge in [0.15, 0.2) is 0 Å². The molecular formula is C30H34O4S. The minimum absolute atomic E-state index is 0.287. The molecule has 0 saturated heterocycles. The van der Waals surface area contributed by atoms with Gasteiger partial charge in [0.2, 0.25) is 0 Å². The average molecular weight is 491 g/mol. The monoisotopic (exact) mass is 490 g/mol. The molecule has 0 heterocycles. The number of carbonyl (C=O) groups excluding carboxylic acids is 2. The molecule has 0 atom stereocenters. The van der Waals surface area contributed by atoms with Crippen molar-refractivity contribution >= 4 is 23.7 Å². The predicted molar refractivity (Wildman–Crippen MR) is 143 cm³/mol. The summed E-state index contributed by atoms with van der Waals surface area (Å²) in [5.41, 5.74) is 2.13. The fourth-order valence-corrected chi connectivity index (χ4v) is 3.93. The van der Waals surface area contributed by atoms with Crippen LogP contribution < -0.4 is 9.47 Å². The first-order valence-corrected chi connectivity index (χ1v) is 13.2. The Bertz CT molecular complexity index is 983. The number of thioether (sulfide) groups is 1. The molecule has 0 amide bonds. The number of para-hydroxylation sites is 2. The molecule has 184 valence electrons. The van der Waals surface area contributed by atoms with Gasteiger partial charge < -0.3 is 9.47 Å². The zero-order chi connectivity index (χ0) is 25.1. The molecule has 0 aliphatic heterocycles. The third kappa shape index (κ3) is 12.8. The van der Waals surface area contributed by atoms with Crippen molar-refractivity contribution in [3.8, 4) is 35.2 Å². The van der Waals surface area contributed by atoms with Gasteiger partial charge in [-0.25, -0.2) is 0 Å². The van der Waals surface area contributed by atoms with E-state index in [4.69, 9.17) is 9.47 Å². The van der Waals surface area contributed by atoms with E-state index < -0.39 is 0 Å². The summed E-state index contributed by atoms with van der Waals surface area (Å²) in [5, 5.41) is 0. The standard InChI is InChI=1S/C30H34O4S/c1-25(31)33-29-21-13-11-19-27(29)17-9-5-3-7-15-23-35-24-16-8-4-6-10-18-28-20-12-14-22-30(28)34-26(2)32/h11-14,19-22H,3-6,9-10,17-18,23-24H2,1-2H3. The van der Waals surface area contributed by atoms with Crippen LogP contribution in [0.4, 0.5) is 0 Å². The molecule has 35 heavy (non-hydrogen) atoms. The van der Waals surface area contributed by atoms with Crippen LogP contribution >= 0.6 is 11.8 Å². The second kappa shape index (κ2) is 17.3. The van der Waals surface area contributed by atoms with E-state index in [9.17, 15) is 9.59 Å². The Balaban J connectivity index is 1.50. The maximum atomic E-state index is 11.2. The van der Waals surface area contributed by atoms with E-state index in [2.05, 4.69) is 23.7 Å². The summed E-state index contributed by atoms with van der Waals surface area (Å²) in [6.45, 7) is 2.85. The molecule has 0 spiro atoms. The van der Waals surface area contributed by atoms with Crippen LogP contribution in [0.1, 0.15) is 63.5 Å². The molecule has 4 nitrogen and oxygen atoms in total. The number of aryl methyl sites for hydroxylation is 2. The van der Waals surface area contributed by atoms with Crippen molar-refractivity contribution in [2.24, 2.45) is 0 Å². The van der Waals surface area contributed by atoms with E-state index in [1.807, 2.05) is 48.5 Å². The molecule has 0 aromatic heterocycles. The number of hydrogen-bond acceptors (Lipinski definition) is 5. The van der Waals surface area contributed by atoms with Gasteiger partial charge in [-0.1, -0.05) is 48.2 Å². The van der Waals surface area contributed by atoms with E-state index in [0.717, 1.165) is 74.0 Å². The van der Waals surface area contributed by atoms with Crippen LogP contribution in [-0.4, -0.2) is 23.4 Å². The van der Waals surface area contributed by atoms with E-state index >= 15 is 0 Å². The largest absolute Gasteiger partial charge is 0.426 e. The van der Waals surface area contributed by atoms with Gasteiger partial charge in [-0.05, 0) is 61.8 Å². The molecule has 2 aromatic carbocycles. The summed E-state index contributed by atoms with van der Waals surface area (Å²) in [5.74, 6) is 15.2. The van der Waals surface area contributed by atoms with E-state index in [-0.39, 0.29) is 11.9 Å². The van der Waals surface area contributed by atoms with Crippen molar-refractivity contribution in [1.82, 2.24) is 0 Å². The lowest BCUT2D eigenvalue weighted by Crippen LogP contribution is -2.03. The highest BCUT2D eigenvalue weighted by molar-refractivity contribution is 7.99. The molecule has 0 fully saturated rings. The van der Waals surface area contributed by atoms with E-state index in [1.54, 1.807) is 11.8 Å². The van der Waals surface area contributed by atoms with Crippen LogP contribution in [-0.2, 0) is 22.4 Å². The highest BCUT2D eigenvalue weighted by Crippen LogP contribution is 2.21. The smallest absolute Gasteiger partial charge is 0.308 e. The summed E-state index contributed by atoms with van der Waals surface area (Å²) in [6, 6.07) is 15.4. The minimum atomic E-state index is -0.287. The van der Waals surface area contributed by atoms with Gasteiger partial charge in [-0.2, -0.15) is 0 Å². The van der Waals surface area contributed by atoms with Crippen LogP contribution in [0.2, 0.25) is 0 Å². The fourth-order valence-electron chi connectivity index (χ4n) is 3.42. The molecule has 5 heteroatoms. The van der Waals surface area contributed by atoms with Gasteiger partial charge in [0.05, 0.1) is 11.5 Å². The van der Waals surface area contributed by atoms with Crippen molar-refractivity contribution in [3.05, 3.63) is 59.7 Å². The number of esters is 2. The lowest BCUT2D eigenvalue weighted by Gasteiger charge is -2.07. The van der Waals surface area contributed by atoms with Crippen molar-refractivity contribution in [3.63, 3.8) is 0 Å². The second-order valence-corrected chi connectivity index (χ2v) is 9.00. The molecule has 0 aliphatic rings. The zero-order valence-electron chi connectivity index (χ0n) is 20.7. The maximum Gasteiger partial charge on any atom is 0.308 e. The van der Waals surface area contributed by atoms with Crippen LogP contribution in [0.25, 0.3) is 0 Å². The van der Waals surface area contributed by atoms with Crippen molar-refractivity contribution in [2.75, 3.05) is 11.5 Å². The lowest BCUT2D eigenvalue weighted by atomic mass is 10.1. The fraction of sp³-hybridized carbons (Fsp3) is 0.400. The first kappa shape index (κ1) is 28.1. The molecule has 0 N–H and O–H groups in total. The minimum Gasteiger partial charge on any atom is -0.426 e. The molecule has 2 rings (SSSR count). The number of unbranched alkanes of at least 4 members (excludes halogenated alkanes) is 4. The highest BCUT2D eigenvalue weighted by atomic mass is 32.2. The van der Waals surface area contributed by atoms with Crippen LogP contribution in [0.3, 0.4) is 0 Å². The quantitative estimate of drug-likeness (QED) is 0.149. The predicted octanol–water partition coefficient (Wildman–Crippen LogP) is 6.40. The van der Waals surface area contributed by atoms with Gasteiger partial charge in [0.1, 0.15) is 11.5 Å². The Morgan fingerprint density at radius 3 is 1.51 bits per heavy atom. The Kier molecular flexibility index (Phi) is 13.9. The molecule has 0 radical (unpaired) electrons. The molecule has 0 aliphatic carbocycles. The van der Waals surface area contributed by atoms with Crippen molar-refractivity contribution in [2.45, 2.75) is 65.2 Å². The first-order valence-electron chi connectivity index (χ1n) is 12.1. The summed E-state index contributed by atoms with van der Waals surface area (Å²) < 4.78 is 10.5. The third-order valence-electron chi connectivity index (χ3n) is 5.05. The van der Waals surface area contributed by atoms with Crippen LogP contribution in [0.15, 0.2) is 48.5 Å². The number of benzene rings is 2. The second-order valence-electron chi connectivity index (χ2n) is 8.02. The Labute approximate surface area is 214 Å². The Morgan fingerprint density at radius 2 is 1.09 bits per heavy atom. The summed E-state index contributed by atoms with van der Waals surface area (Å²) in [6.07, 6.45) is 7.60. The highest BCUT2D eigenvalue weighted by Gasteiger charge is 2.05. The Morgan fingerprint density at radius 1 is 0.657 bits per heavy atom. The summed E-state index contributed by atoms with van der Waals surface area (Å²) in [4.78, 5) is 22.4. The first-order chi connectivity index (χ1) is 17.1. The van der Waals surface area contributed by atoms with Gasteiger partial charge in [0.25, 0.3) is 0 Å². The van der Waals surface area contributed by atoms with Crippen LogP contribution in [0, 0.1) is 23.7 Å². The molecule has 0 unspecified atom stereocenters. The summed E-state index contributed by atoms with van der Waals surface area (Å²) in [7, 11) is 0. The topological polar surface area (TPSA) is 52.6 Å². The average Bonchev–Trinajstić information content (AvgIpc) is 2.83. The maximum absolute atomic E-state index is 11.2. The normalized spacial score (nSPS) is 9.89. The number of rotatable bonds is 12. The van der Waals surface area contributed by atoms with Crippen molar-refractivity contribution < 1.29 is 19.1 Å². The van der Waals surface area contributed by atoms with Gasteiger partial charge in [-0.15, -0.1) is 23.6 Å². The van der Waals surface area contributed by atoms with E-state index in [0.29, 0.717) is 11.5 Å². The van der Waals surface area contributed by atoms with Gasteiger partial charge in [0, 0.05) is 26.7 Å².